The Hall–Kier alpha value is -1.41. The van der Waals surface area contributed by atoms with E-state index in [1.165, 1.54) is 49.7 Å². The van der Waals surface area contributed by atoms with E-state index in [0.717, 1.165) is 22.9 Å². The van der Waals surface area contributed by atoms with Gasteiger partial charge < -0.3 is 0 Å². The first-order valence-corrected chi connectivity index (χ1v) is 13.9. The average Bonchev–Trinajstić information content (AvgIpc) is 2.75. The molecule has 0 atom stereocenters. The average molecular weight is 395 g/mol. The van der Waals surface area contributed by atoms with Gasteiger partial charge in [0.15, 0.2) is 0 Å². The smallest absolute Gasteiger partial charge is 0.123 e. The highest BCUT2D eigenvalue weighted by molar-refractivity contribution is 6.60. The van der Waals surface area contributed by atoms with Crippen molar-refractivity contribution in [2.24, 2.45) is 5.92 Å². The predicted molar refractivity (Wildman–Crippen MR) is 121 cm³/mol. The van der Waals surface area contributed by atoms with Crippen LogP contribution in [0.15, 0.2) is 48.5 Å². The van der Waals surface area contributed by atoms with Crippen molar-refractivity contribution in [2.75, 3.05) is 0 Å². The first-order chi connectivity index (χ1) is 13.7. The lowest BCUT2D eigenvalue weighted by atomic mass is 9.86. The molecule has 2 heteroatoms. The van der Waals surface area contributed by atoms with Gasteiger partial charge in [-0.2, -0.15) is 0 Å². The molecule has 0 aromatic heterocycles. The van der Waals surface area contributed by atoms with Gasteiger partial charge in [0.05, 0.1) is 0 Å². The Balaban J connectivity index is 1.30. The SMILES string of the molecule is CCCC1CCC([Si@H]2CC[C@H](c3ccc(-c4ccc(F)cc4)cc3)CC2)CC1. The molecule has 4 rings (SSSR count). The van der Waals surface area contributed by atoms with E-state index < -0.39 is 8.80 Å². The zero-order valence-corrected chi connectivity index (χ0v) is 18.5. The maximum atomic E-state index is 13.1. The van der Waals surface area contributed by atoms with Gasteiger partial charge in [0.2, 0.25) is 0 Å². The van der Waals surface area contributed by atoms with E-state index in [2.05, 4.69) is 31.2 Å². The molecule has 2 aromatic carbocycles. The van der Waals surface area contributed by atoms with Crippen molar-refractivity contribution in [2.45, 2.75) is 81.8 Å². The summed E-state index contributed by atoms with van der Waals surface area (Å²) < 4.78 is 13.1. The summed E-state index contributed by atoms with van der Waals surface area (Å²) in [6.45, 7) is 2.34. The standard InChI is InChI=1S/C26H35FSi/c1-2-3-20-4-14-26(15-5-20)28-18-16-24(17-19-28)22-8-6-21(7-9-22)23-10-12-25(27)13-11-23/h6-13,20,24,26,28H,2-5,14-19H2,1H3/t20?,24-,26?,28-. The third kappa shape index (κ3) is 4.76. The molecule has 0 amide bonds. The van der Waals surface area contributed by atoms with Crippen molar-refractivity contribution < 1.29 is 4.39 Å². The van der Waals surface area contributed by atoms with Crippen molar-refractivity contribution in [3.63, 3.8) is 0 Å². The van der Waals surface area contributed by atoms with Gasteiger partial charge >= 0.3 is 0 Å². The molecule has 0 nitrogen and oxygen atoms in total. The van der Waals surface area contributed by atoms with E-state index in [1.54, 1.807) is 37.1 Å². The van der Waals surface area contributed by atoms with E-state index in [-0.39, 0.29) is 5.82 Å². The van der Waals surface area contributed by atoms with Gasteiger partial charge in [-0.3, -0.25) is 0 Å². The fourth-order valence-electron chi connectivity index (χ4n) is 5.87. The summed E-state index contributed by atoms with van der Waals surface area (Å²) in [5, 5.41) is 0. The fraction of sp³-hybridized carbons (Fsp3) is 0.538. The van der Waals surface area contributed by atoms with Crippen molar-refractivity contribution in [1.82, 2.24) is 0 Å². The van der Waals surface area contributed by atoms with Crippen LogP contribution in [0.5, 0.6) is 0 Å². The van der Waals surface area contributed by atoms with Gasteiger partial charge in [-0.1, -0.05) is 93.9 Å². The Labute approximate surface area is 172 Å². The molecular formula is C26H35FSi. The van der Waals surface area contributed by atoms with Crippen molar-refractivity contribution in [3.8, 4) is 11.1 Å². The first-order valence-electron chi connectivity index (χ1n) is 11.6. The summed E-state index contributed by atoms with van der Waals surface area (Å²) >= 11 is 0. The molecule has 0 spiro atoms. The Morgan fingerprint density at radius 2 is 1.36 bits per heavy atom. The Kier molecular flexibility index (Phi) is 6.67. The van der Waals surface area contributed by atoms with Crippen molar-refractivity contribution >= 4 is 8.80 Å². The van der Waals surface area contributed by atoms with E-state index in [1.807, 2.05) is 12.1 Å². The number of hydrogen-bond donors (Lipinski definition) is 0. The first kappa shape index (κ1) is 19.9. The zero-order chi connectivity index (χ0) is 19.3. The van der Waals surface area contributed by atoms with Crippen LogP contribution in [0.2, 0.25) is 17.6 Å². The van der Waals surface area contributed by atoms with Gasteiger partial charge in [-0.25, -0.2) is 4.39 Å². The molecule has 28 heavy (non-hydrogen) atoms. The van der Waals surface area contributed by atoms with E-state index in [4.69, 9.17) is 0 Å². The summed E-state index contributed by atoms with van der Waals surface area (Å²) in [6, 6.07) is 19.0. The van der Waals surface area contributed by atoms with Gasteiger partial charge in [-0.15, -0.1) is 0 Å². The molecule has 1 saturated heterocycles. The molecule has 1 aliphatic carbocycles. The third-order valence-corrected chi connectivity index (χ3v) is 11.7. The monoisotopic (exact) mass is 394 g/mol. The molecule has 0 unspecified atom stereocenters. The fourth-order valence-corrected chi connectivity index (χ4v) is 10.1. The summed E-state index contributed by atoms with van der Waals surface area (Å²) in [6.07, 6.45) is 11.8. The Morgan fingerprint density at radius 1 is 0.786 bits per heavy atom. The minimum atomic E-state index is -0.516. The van der Waals surface area contributed by atoms with Crippen LogP contribution in [0.25, 0.3) is 11.1 Å². The second kappa shape index (κ2) is 9.39. The largest absolute Gasteiger partial charge is 0.207 e. The van der Waals surface area contributed by atoms with Crippen LogP contribution in [-0.2, 0) is 0 Å². The minimum Gasteiger partial charge on any atom is -0.207 e. The van der Waals surface area contributed by atoms with Gasteiger partial charge in [0, 0.05) is 8.80 Å². The zero-order valence-electron chi connectivity index (χ0n) is 17.4. The van der Waals surface area contributed by atoms with Crippen LogP contribution in [0.3, 0.4) is 0 Å². The molecule has 1 heterocycles. The highest BCUT2D eigenvalue weighted by Gasteiger charge is 2.31. The summed E-state index contributed by atoms with van der Waals surface area (Å²) in [4.78, 5) is 0. The highest BCUT2D eigenvalue weighted by atomic mass is 28.3. The number of benzene rings is 2. The maximum Gasteiger partial charge on any atom is 0.123 e. The van der Waals surface area contributed by atoms with Crippen LogP contribution in [0.4, 0.5) is 4.39 Å². The number of halogens is 1. The molecule has 0 radical (unpaired) electrons. The topological polar surface area (TPSA) is 0 Å². The van der Waals surface area contributed by atoms with Crippen molar-refractivity contribution in [3.05, 3.63) is 59.9 Å². The lowest BCUT2D eigenvalue weighted by molar-refractivity contribution is 0.332. The van der Waals surface area contributed by atoms with Crippen molar-refractivity contribution in [1.29, 1.82) is 0 Å². The van der Waals surface area contributed by atoms with Gasteiger partial charge in [0.1, 0.15) is 5.82 Å². The lowest BCUT2D eigenvalue weighted by Crippen LogP contribution is -2.29. The van der Waals surface area contributed by atoms with Crippen LogP contribution in [0.1, 0.15) is 69.8 Å². The van der Waals surface area contributed by atoms with Crippen LogP contribution >= 0.6 is 0 Å². The maximum absolute atomic E-state index is 13.1. The normalized spacial score (nSPS) is 28.2. The second-order valence-electron chi connectivity index (χ2n) is 9.31. The highest BCUT2D eigenvalue weighted by Crippen LogP contribution is 2.44. The molecule has 0 N–H and O–H groups in total. The van der Waals surface area contributed by atoms with E-state index in [9.17, 15) is 4.39 Å². The molecule has 0 bridgehead atoms. The number of hydrogen-bond acceptors (Lipinski definition) is 0. The molecular weight excluding hydrogens is 359 g/mol. The quantitative estimate of drug-likeness (QED) is 0.451. The van der Waals surface area contributed by atoms with Gasteiger partial charge in [-0.05, 0) is 59.0 Å². The molecule has 1 aliphatic heterocycles. The Morgan fingerprint density at radius 3 is 1.93 bits per heavy atom. The predicted octanol–water partition coefficient (Wildman–Crippen LogP) is 7.96. The lowest BCUT2D eigenvalue weighted by Gasteiger charge is -2.37. The molecule has 150 valence electrons. The van der Waals surface area contributed by atoms with E-state index in [0.29, 0.717) is 0 Å². The molecule has 2 fully saturated rings. The van der Waals surface area contributed by atoms with E-state index >= 15 is 0 Å². The molecule has 1 saturated carbocycles. The van der Waals surface area contributed by atoms with Gasteiger partial charge in [0.25, 0.3) is 0 Å². The van der Waals surface area contributed by atoms with Crippen LogP contribution in [-0.4, -0.2) is 8.80 Å². The summed E-state index contributed by atoms with van der Waals surface area (Å²) in [5.74, 6) is 1.65. The Bertz CT molecular complexity index is 720. The summed E-state index contributed by atoms with van der Waals surface area (Å²) in [5.41, 5.74) is 4.96. The third-order valence-electron chi connectivity index (χ3n) is 7.59. The number of rotatable bonds is 5. The second-order valence-corrected chi connectivity index (χ2v) is 12.9. The molecule has 2 aromatic rings. The van der Waals surface area contributed by atoms with Crippen LogP contribution < -0.4 is 0 Å². The molecule has 2 aliphatic rings. The minimum absolute atomic E-state index is 0.167. The summed E-state index contributed by atoms with van der Waals surface area (Å²) in [7, 11) is -0.516. The van der Waals surface area contributed by atoms with Crippen LogP contribution in [0, 0.1) is 11.7 Å².